The van der Waals surface area contributed by atoms with Gasteiger partial charge in [0.15, 0.2) is 0 Å². The lowest BCUT2D eigenvalue weighted by Gasteiger charge is -2.48. The summed E-state index contributed by atoms with van der Waals surface area (Å²) >= 11 is 0. The molecule has 3 saturated heterocycles. The van der Waals surface area contributed by atoms with Crippen molar-refractivity contribution in [1.82, 2.24) is 10.2 Å². The van der Waals surface area contributed by atoms with Crippen molar-refractivity contribution >= 4 is 0 Å². The Morgan fingerprint density at radius 3 is 2.65 bits per heavy atom. The quantitative estimate of drug-likeness (QED) is 0.753. The maximum absolute atomic E-state index is 6.17. The molecule has 0 saturated carbocycles. The molecule has 0 aliphatic carbocycles. The van der Waals surface area contributed by atoms with Gasteiger partial charge in [0.1, 0.15) is 0 Å². The monoisotopic (exact) mass is 238 g/mol. The fraction of sp³-hybridized carbons (Fsp3) is 1.00. The van der Waals surface area contributed by atoms with Crippen LogP contribution in [0.3, 0.4) is 0 Å². The van der Waals surface area contributed by atoms with Gasteiger partial charge in [-0.25, -0.2) is 0 Å². The second-order valence-corrected chi connectivity index (χ2v) is 6.04. The van der Waals surface area contributed by atoms with Crippen LogP contribution in [0.4, 0.5) is 0 Å². The zero-order valence-electron chi connectivity index (χ0n) is 10.9. The molecule has 3 rings (SSSR count). The first-order chi connectivity index (χ1) is 8.38. The number of hydrogen-bond acceptors (Lipinski definition) is 3. The van der Waals surface area contributed by atoms with Crippen LogP contribution in [-0.2, 0) is 4.74 Å². The molecule has 1 spiro atoms. The molecule has 1 atom stereocenters. The average molecular weight is 238 g/mol. The third-order valence-electron chi connectivity index (χ3n) is 4.83. The maximum atomic E-state index is 6.17. The van der Waals surface area contributed by atoms with Gasteiger partial charge in [0.25, 0.3) is 0 Å². The van der Waals surface area contributed by atoms with Crippen molar-refractivity contribution in [2.24, 2.45) is 0 Å². The van der Waals surface area contributed by atoms with Crippen molar-refractivity contribution in [3.05, 3.63) is 0 Å². The second kappa shape index (κ2) is 5.25. The Balaban J connectivity index is 1.61. The van der Waals surface area contributed by atoms with Crippen LogP contribution in [0.2, 0.25) is 0 Å². The minimum atomic E-state index is 0.237. The molecule has 0 aromatic carbocycles. The smallest absolute Gasteiger partial charge is 0.0809 e. The molecular formula is C14H26N2O. The zero-order chi connectivity index (χ0) is 11.6. The molecule has 3 heteroatoms. The van der Waals surface area contributed by atoms with Crippen LogP contribution in [0.5, 0.6) is 0 Å². The lowest BCUT2D eigenvalue weighted by Crippen LogP contribution is -2.55. The molecule has 0 aromatic heterocycles. The van der Waals surface area contributed by atoms with E-state index < -0.39 is 0 Å². The van der Waals surface area contributed by atoms with Crippen LogP contribution in [0.25, 0.3) is 0 Å². The standard InChI is InChI=1S/C14H26N2O/c1-2-11-17-14(6-1)7-3-10-16(12-14)13-4-8-15-9-5-13/h13,15H,1-12H2/t14-/m0/s1. The van der Waals surface area contributed by atoms with E-state index in [9.17, 15) is 0 Å². The van der Waals surface area contributed by atoms with Crippen molar-refractivity contribution in [3.8, 4) is 0 Å². The largest absolute Gasteiger partial charge is 0.374 e. The molecule has 0 amide bonds. The molecule has 3 aliphatic rings. The summed E-state index contributed by atoms with van der Waals surface area (Å²) in [7, 11) is 0. The van der Waals surface area contributed by atoms with Gasteiger partial charge in [-0.2, -0.15) is 0 Å². The molecule has 0 radical (unpaired) electrons. The van der Waals surface area contributed by atoms with Crippen LogP contribution >= 0.6 is 0 Å². The predicted molar refractivity (Wildman–Crippen MR) is 69.2 cm³/mol. The van der Waals surface area contributed by atoms with Gasteiger partial charge in [0.2, 0.25) is 0 Å². The number of rotatable bonds is 1. The Labute approximate surface area is 105 Å². The maximum Gasteiger partial charge on any atom is 0.0809 e. The minimum Gasteiger partial charge on any atom is -0.374 e. The molecule has 0 aromatic rings. The van der Waals surface area contributed by atoms with Gasteiger partial charge in [0.05, 0.1) is 5.60 Å². The summed E-state index contributed by atoms with van der Waals surface area (Å²) in [4.78, 5) is 2.73. The van der Waals surface area contributed by atoms with E-state index >= 15 is 0 Å². The Kier molecular flexibility index (Phi) is 3.69. The molecular weight excluding hydrogens is 212 g/mol. The van der Waals surface area contributed by atoms with Crippen molar-refractivity contribution in [2.75, 3.05) is 32.8 Å². The molecule has 17 heavy (non-hydrogen) atoms. The second-order valence-electron chi connectivity index (χ2n) is 6.04. The topological polar surface area (TPSA) is 24.5 Å². The van der Waals surface area contributed by atoms with E-state index in [4.69, 9.17) is 4.74 Å². The van der Waals surface area contributed by atoms with Gasteiger partial charge >= 0.3 is 0 Å². The minimum absolute atomic E-state index is 0.237. The molecule has 3 nitrogen and oxygen atoms in total. The first-order valence-electron chi connectivity index (χ1n) is 7.47. The van der Waals surface area contributed by atoms with Crippen molar-refractivity contribution < 1.29 is 4.74 Å². The SMILES string of the molecule is C1CC[C@@]2(CCCN(C3CCNCC3)C2)OC1. The lowest BCUT2D eigenvalue weighted by atomic mass is 9.84. The Morgan fingerprint density at radius 2 is 1.88 bits per heavy atom. The summed E-state index contributed by atoms with van der Waals surface area (Å²) in [6.45, 7) is 5.91. The van der Waals surface area contributed by atoms with Crippen molar-refractivity contribution in [1.29, 1.82) is 0 Å². The van der Waals surface area contributed by atoms with Crippen LogP contribution < -0.4 is 5.32 Å². The first-order valence-corrected chi connectivity index (χ1v) is 7.47. The number of piperidine rings is 2. The Bertz CT molecular complexity index is 239. The molecule has 3 heterocycles. The van der Waals surface area contributed by atoms with E-state index in [-0.39, 0.29) is 5.60 Å². The highest BCUT2D eigenvalue weighted by Gasteiger charge is 2.39. The van der Waals surface area contributed by atoms with E-state index in [0.29, 0.717) is 0 Å². The highest BCUT2D eigenvalue weighted by molar-refractivity contribution is 4.93. The number of nitrogens with zero attached hydrogens (tertiary/aromatic N) is 1. The fourth-order valence-corrected chi connectivity index (χ4v) is 3.85. The zero-order valence-corrected chi connectivity index (χ0v) is 10.9. The summed E-state index contributed by atoms with van der Waals surface area (Å²) in [6.07, 6.45) is 9.24. The molecule has 98 valence electrons. The van der Waals surface area contributed by atoms with Gasteiger partial charge < -0.3 is 10.1 Å². The average Bonchev–Trinajstić information content (AvgIpc) is 2.41. The summed E-state index contributed by atoms with van der Waals surface area (Å²) in [5, 5.41) is 3.47. The number of hydrogen-bond donors (Lipinski definition) is 1. The normalized spacial score (nSPS) is 37.4. The van der Waals surface area contributed by atoms with Crippen molar-refractivity contribution in [2.45, 2.75) is 56.6 Å². The highest BCUT2D eigenvalue weighted by atomic mass is 16.5. The Hall–Kier alpha value is -0.120. The molecule has 3 aliphatic heterocycles. The van der Waals surface area contributed by atoms with Gasteiger partial charge in [-0.05, 0) is 64.6 Å². The highest BCUT2D eigenvalue weighted by Crippen LogP contribution is 2.35. The third-order valence-corrected chi connectivity index (χ3v) is 4.83. The van der Waals surface area contributed by atoms with Gasteiger partial charge in [0, 0.05) is 19.2 Å². The van der Waals surface area contributed by atoms with Crippen molar-refractivity contribution in [3.63, 3.8) is 0 Å². The molecule has 0 unspecified atom stereocenters. The van der Waals surface area contributed by atoms with E-state index in [1.807, 2.05) is 0 Å². The molecule has 0 bridgehead atoms. The predicted octanol–water partition coefficient (Wildman–Crippen LogP) is 1.77. The summed E-state index contributed by atoms with van der Waals surface area (Å²) in [6, 6.07) is 0.818. The lowest BCUT2D eigenvalue weighted by molar-refractivity contribution is -0.124. The number of likely N-dealkylation sites (tertiary alicyclic amines) is 1. The van der Waals surface area contributed by atoms with Crippen LogP contribution in [0, 0.1) is 0 Å². The van der Waals surface area contributed by atoms with E-state index in [1.54, 1.807) is 0 Å². The van der Waals surface area contributed by atoms with Gasteiger partial charge in [-0.15, -0.1) is 0 Å². The van der Waals surface area contributed by atoms with Crippen LogP contribution in [-0.4, -0.2) is 49.3 Å². The van der Waals surface area contributed by atoms with E-state index in [0.717, 1.165) is 12.6 Å². The summed E-state index contributed by atoms with van der Waals surface area (Å²) < 4.78 is 6.17. The Morgan fingerprint density at radius 1 is 1.06 bits per heavy atom. The summed E-state index contributed by atoms with van der Waals surface area (Å²) in [5.74, 6) is 0. The number of nitrogens with one attached hydrogen (secondary N) is 1. The summed E-state index contributed by atoms with van der Waals surface area (Å²) in [5.41, 5.74) is 0.237. The first kappa shape index (κ1) is 11.9. The van der Waals surface area contributed by atoms with Crippen LogP contribution in [0.1, 0.15) is 44.9 Å². The van der Waals surface area contributed by atoms with Gasteiger partial charge in [-0.3, -0.25) is 4.90 Å². The number of ether oxygens (including phenoxy) is 1. The van der Waals surface area contributed by atoms with E-state index in [2.05, 4.69) is 10.2 Å². The van der Waals surface area contributed by atoms with Gasteiger partial charge in [-0.1, -0.05) is 0 Å². The fourth-order valence-electron chi connectivity index (χ4n) is 3.85. The third kappa shape index (κ3) is 2.67. The molecule has 1 N–H and O–H groups in total. The van der Waals surface area contributed by atoms with Crippen LogP contribution in [0.15, 0.2) is 0 Å². The molecule has 3 fully saturated rings. The van der Waals surface area contributed by atoms with E-state index in [1.165, 1.54) is 71.1 Å².